The third-order valence-corrected chi connectivity index (χ3v) is 5.34. The molecule has 1 aromatic carbocycles. The highest BCUT2D eigenvalue weighted by molar-refractivity contribution is 5.49. The average molecular weight is 304 g/mol. The molecule has 1 fully saturated rings. The van der Waals surface area contributed by atoms with Gasteiger partial charge >= 0.3 is 0 Å². The van der Waals surface area contributed by atoms with E-state index in [-0.39, 0.29) is 0 Å². The van der Waals surface area contributed by atoms with Crippen LogP contribution < -0.4 is 15.2 Å². The van der Waals surface area contributed by atoms with Gasteiger partial charge in [-0.25, -0.2) is 0 Å². The van der Waals surface area contributed by atoms with Gasteiger partial charge in [0.2, 0.25) is 0 Å². The van der Waals surface area contributed by atoms with Crippen molar-refractivity contribution < 1.29 is 9.47 Å². The topological polar surface area (TPSA) is 47.7 Å². The van der Waals surface area contributed by atoms with E-state index in [1.54, 1.807) is 14.2 Å². The molecule has 0 saturated carbocycles. The second-order valence-corrected chi connectivity index (χ2v) is 6.62. The second-order valence-electron chi connectivity index (χ2n) is 6.62. The molecule has 1 saturated heterocycles. The van der Waals surface area contributed by atoms with Gasteiger partial charge in [-0.15, -0.1) is 0 Å². The van der Waals surface area contributed by atoms with E-state index in [0.717, 1.165) is 37.4 Å². The fourth-order valence-corrected chi connectivity index (χ4v) is 4.14. The van der Waals surface area contributed by atoms with Gasteiger partial charge in [0.25, 0.3) is 0 Å². The van der Waals surface area contributed by atoms with Crippen molar-refractivity contribution >= 4 is 0 Å². The van der Waals surface area contributed by atoms with Crippen LogP contribution in [-0.2, 0) is 6.42 Å². The summed E-state index contributed by atoms with van der Waals surface area (Å²) >= 11 is 0. The van der Waals surface area contributed by atoms with Gasteiger partial charge in [0.1, 0.15) is 0 Å². The van der Waals surface area contributed by atoms with E-state index in [0.29, 0.717) is 18.0 Å². The van der Waals surface area contributed by atoms with Crippen molar-refractivity contribution in [2.45, 2.75) is 44.7 Å². The lowest BCUT2D eigenvalue weighted by molar-refractivity contribution is 0.0789. The Morgan fingerprint density at radius 3 is 2.64 bits per heavy atom. The van der Waals surface area contributed by atoms with Gasteiger partial charge in [0.05, 0.1) is 14.2 Å². The molecule has 2 N–H and O–H groups in total. The Hall–Kier alpha value is -1.26. The minimum atomic E-state index is 0.306. The fourth-order valence-electron chi connectivity index (χ4n) is 4.14. The Labute approximate surface area is 133 Å². The van der Waals surface area contributed by atoms with E-state index in [2.05, 4.69) is 24.0 Å². The van der Waals surface area contributed by atoms with Crippen molar-refractivity contribution in [2.24, 2.45) is 11.7 Å². The first-order valence-corrected chi connectivity index (χ1v) is 8.42. The van der Waals surface area contributed by atoms with Crippen molar-refractivity contribution in [3.05, 3.63) is 23.3 Å². The van der Waals surface area contributed by atoms with Crippen LogP contribution in [0.2, 0.25) is 0 Å². The first kappa shape index (κ1) is 15.6. The molecule has 3 unspecified atom stereocenters. The molecule has 0 aromatic heterocycles. The molecule has 2 aliphatic heterocycles. The minimum absolute atomic E-state index is 0.306. The minimum Gasteiger partial charge on any atom is -0.493 e. The van der Waals surface area contributed by atoms with Crippen molar-refractivity contribution in [3.8, 4) is 11.5 Å². The van der Waals surface area contributed by atoms with Gasteiger partial charge in [-0.2, -0.15) is 0 Å². The van der Waals surface area contributed by atoms with Crippen LogP contribution >= 0.6 is 0 Å². The van der Waals surface area contributed by atoms with E-state index in [1.165, 1.54) is 24.0 Å². The highest BCUT2D eigenvalue weighted by Gasteiger charge is 2.37. The van der Waals surface area contributed by atoms with Gasteiger partial charge in [0, 0.05) is 25.2 Å². The van der Waals surface area contributed by atoms with Crippen molar-refractivity contribution in [1.29, 1.82) is 0 Å². The van der Waals surface area contributed by atoms with Crippen LogP contribution in [0.5, 0.6) is 11.5 Å². The van der Waals surface area contributed by atoms with E-state index in [1.807, 2.05) is 0 Å². The number of fused-ring (bicyclic) bond motifs is 3. The van der Waals surface area contributed by atoms with Crippen molar-refractivity contribution in [2.75, 3.05) is 27.3 Å². The molecular formula is C18H28N2O2. The highest BCUT2D eigenvalue weighted by Crippen LogP contribution is 2.42. The number of benzene rings is 1. The molecule has 22 heavy (non-hydrogen) atoms. The third-order valence-electron chi connectivity index (χ3n) is 5.34. The maximum absolute atomic E-state index is 6.47. The third kappa shape index (κ3) is 2.70. The second kappa shape index (κ2) is 6.47. The molecule has 0 amide bonds. The summed E-state index contributed by atoms with van der Waals surface area (Å²) in [7, 11) is 3.40. The summed E-state index contributed by atoms with van der Waals surface area (Å²) in [6, 6.07) is 5.06. The predicted octanol–water partition coefficient (Wildman–Crippen LogP) is 2.75. The predicted molar refractivity (Wildman–Crippen MR) is 88.6 cm³/mol. The quantitative estimate of drug-likeness (QED) is 0.929. The Morgan fingerprint density at radius 1 is 1.23 bits per heavy atom. The first-order valence-electron chi connectivity index (χ1n) is 8.42. The number of rotatable bonds is 4. The molecule has 2 heterocycles. The standard InChI is InChI=1S/C18H28N2O2/c1-4-5-13-11-20-7-6-12-8-17(21-2)18(22-3)9-14(12)16(20)10-15(13)19/h8-9,13,15-16H,4-7,10-11,19H2,1-3H3. The Morgan fingerprint density at radius 2 is 1.95 bits per heavy atom. The van der Waals surface area contributed by atoms with Crippen LogP contribution in [0.3, 0.4) is 0 Å². The maximum atomic E-state index is 6.47. The molecule has 2 aliphatic rings. The molecule has 122 valence electrons. The van der Waals surface area contributed by atoms with Gasteiger partial charge in [-0.3, -0.25) is 4.90 Å². The molecule has 0 spiro atoms. The summed E-state index contributed by atoms with van der Waals surface area (Å²) in [5, 5.41) is 0. The van der Waals surface area contributed by atoms with Crippen LogP contribution in [0.15, 0.2) is 12.1 Å². The van der Waals surface area contributed by atoms with Crippen molar-refractivity contribution in [3.63, 3.8) is 0 Å². The van der Waals surface area contributed by atoms with E-state index in [4.69, 9.17) is 15.2 Å². The summed E-state index contributed by atoms with van der Waals surface area (Å²) in [6.45, 7) is 4.51. The molecule has 1 aromatic rings. The number of hydrogen-bond donors (Lipinski definition) is 1. The van der Waals surface area contributed by atoms with Crippen LogP contribution in [0.25, 0.3) is 0 Å². The van der Waals surface area contributed by atoms with E-state index < -0.39 is 0 Å². The fraction of sp³-hybridized carbons (Fsp3) is 0.667. The number of nitrogens with zero attached hydrogens (tertiary/aromatic N) is 1. The molecule has 4 heteroatoms. The average Bonchev–Trinajstić information content (AvgIpc) is 2.54. The van der Waals surface area contributed by atoms with Gasteiger partial charge in [-0.05, 0) is 48.4 Å². The molecule has 3 rings (SSSR count). The monoisotopic (exact) mass is 304 g/mol. The normalized spacial score (nSPS) is 27.9. The number of hydrogen-bond acceptors (Lipinski definition) is 4. The zero-order valence-corrected chi connectivity index (χ0v) is 14.0. The Kier molecular flexibility index (Phi) is 4.59. The summed E-state index contributed by atoms with van der Waals surface area (Å²) < 4.78 is 10.9. The van der Waals surface area contributed by atoms with Crippen LogP contribution in [-0.4, -0.2) is 38.3 Å². The molecule has 3 atom stereocenters. The van der Waals surface area contributed by atoms with E-state index in [9.17, 15) is 0 Å². The number of ether oxygens (including phenoxy) is 2. The van der Waals surface area contributed by atoms with Crippen LogP contribution in [0, 0.1) is 5.92 Å². The molecule has 4 nitrogen and oxygen atoms in total. The first-order chi connectivity index (χ1) is 10.7. The number of methoxy groups -OCH3 is 2. The molecule has 0 aliphatic carbocycles. The Balaban J connectivity index is 1.90. The zero-order valence-electron chi connectivity index (χ0n) is 14.0. The van der Waals surface area contributed by atoms with Gasteiger partial charge in [-0.1, -0.05) is 13.3 Å². The maximum Gasteiger partial charge on any atom is 0.161 e. The lowest BCUT2D eigenvalue weighted by Gasteiger charge is -2.46. The highest BCUT2D eigenvalue weighted by atomic mass is 16.5. The summed E-state index contributed by atoms with van der Waals surface area (Å²) in [5.74, 6) is 2.30. The van der Waals surface area contributed by atoms with Gasteiger partial charge < -0.3 is 15.2 Å². The molecule has 0 bridgehead atoms. The summed E-state index contributed by atoms with van der Waals surface area (Å²) in [5.41, 5.74) is 9.25. The smallest absolute Gasteiger partial charge is 0.161 e. The number of nitrogens with two attached hydrogens (primary N) is 1. The largest absolute Gasteiger partial charge is 0.493 e. The summed E-state index contributed by atoms with van der Waals surface area (Å²) in [4.78, 5) is 2.62. The molecule has 0 radical (unpaired) electrons. The Bertz CT molecular complexity index is 532. The SMILES string of the molecule is CCCC1CN2CCc3cc(OC)c(OC)cc3C2CC1N. The lowest BCUT2D eigenvalue weighted by atomic mass is 9.79. The van der Waals surface area contributed by atoms with Crippen LogP contribution in [0.4, 0.5) is 0 Å². The van der Waals surface area contributed by atoms with Gasteiger partial charge in [0.15, 0.2) is 11.5 Å². The zero-order chi connectivity index (χ0) is 15.7. The summed E-state index contributed by atoms with van der Waals surface area (Å²) in [6.07, 6.45) is 4.59. The van der Waals surface area contributed by atoms with Crippen LogP contribution in [0.1, 0.15) is 43.4 Å². The van der Waals surface area contributed by atoms with E-state index >= 15 is 0 Å². The van der Waals surface area contributed by atoms with Crippen molar-refractivity contribution in [1.82, 2.24) is 4.90 Å². The number of piperidine rings is 1. The molecular weight excluding hydrogens is 276 g/mol. The lowest BCUT2D eigenvalue weighted by Crippen LogP contribution is -2.50.